The van der Waals surface area contributed by atoms with Crippen LogP contribution in [0.15, 0.2) is 140 Å². The third kappa shape index (κ3) is 12.3. The lowest BCUT2D eigenvalue weighted by Crippen LogP contribution is -2.32. The van der Waals surface area contributed by atoms with Crippen LogP contribution >= 0.6 is 0 Å². The molecule has 4 saturated heterocycles. The van der Waals surface area contributed by atoms with E-state index in [2.05, 4.69) is 186 Å². The van der Waals surface area contributed by atoms with Crippen molar-refractivity contribution in [3.63, 3.8) is 0 Å². The zero-order chi connectivity index (χ0) is 69.4. The van der Waals surface area contributed by atoms with Gasteiger partial charge in [-0.1, -0.05) is 53.1 Å². The lowest BCUT2D eigenvalue weighted by molar-refractivity contribution is 0.147. The fourth-order valence-electron chi connectivity index (χ4n) is 19.4. The standard InChI is InChI=1S/C23H27N3O.2C20H24N4O.C19H23N5O/c1-15-5-6-19-18(12-15)23-20-4-3-10-25(20)11-8-21(23)26(19)14-22(27)17-7-9-24-16(2)13-17;1-13-4-5-15-14(11-13)19-16-3-2-9-23(16)10-6-17(19)24(15)12-18(25)20-21-7-8-22-20;1-13-4-5-16-14(9-13)20-17-3-2-7-23(17)8-6-18(20)24(16)11-19(25)15-10-21-12-22-15;1-12-4-5-15-13(9-12)19-16-3-2-7-23(16)8-6-17(19)24(15)11-18(25)14-10-20-22-21-14/h5-7,9,12-13,20,22,24,27H,2-4,8,10-11,14H2,1H3;4-5,7-8,11,16,18,25H,2-3,6,9-10,12H2,1H3,(H,21,22);4-5,9-10,12,17,19,25H,2-3,6-8,11H2,1H3,(H,21,22);4-5,9-10,16,18,25H,2-3,6-8,11H2,1H3,(H,20,21,22). The third-order valence-corrected chi connectivity index (χ3v) is 24.0. The van der Waals surface area contributed by atoms with Gasteiger partial charge in [0.2, 0.25) is 0 Å². The Balaban J connectivity index is 0.000000101. The van der Waals surface area contributed by atoms with Crippen LogP contribution in [0.5, 0.6) is 0 Å². The van der Waals surface area contributed by atoms with Crippen LogP contribution in [-0.4, -0.2) is 152 Å². The molecule has 9 aliphatic rings. The van der Waals surface area contributed by atoms with E-state index in [1.807, 2.05) is 18.4 Å². The molecule has 20 heteroatoms. The normalized spacial score (nSPS) is 21.9. The molecule has 20 nitrogen and oxygen atoms in total. The Bertz CT molecular complexity index is 4590. The van der Waals surface area contributed by atoms with Crippen molar-refractivity contribution >= 4 is 43.6 Å². The maximum absolute atomic E-state index is 10.9. The molecule has 0 amide bonds. The zero-order valence-electron chi connectivity index (χ0n) is 59.5. The molecule has 0 aliphatic carbocycles. The fraction of sp³-hybridized carbons (Fsp3) is 0.439. The molecule has 0 saturated carbocycles. The van der Waals surface area contributed by atoms with Crippen molar-refractivity contribution in [2.45, 2.75) is 180 Å². The summed E-state index contributed by atoms with van der Waals surface area (Å²) in [5, 5.41) is 61.9. The molecule has 9 aliphatic heterocycles. The molecule has 4 aromatic carbocycles. The number of aliphatic hydroxyl groups excluding tert-OH is 4. The Morgan fingerprint density at radius 3 is 1.27 bits per heavy atom. The van der Waals surface area contributed by atoms with Gasteiger partial charge in [-0.25, -0.2) is 9.97 Å². The summed E-state index contributed by atoms with van der Waals surface area (Å²) in [6.45, 7) is 24.2. The number of H-pyrrole nitrogens is 3. The number of aromatic nitrogens is 11. The number of imidazole rings is 2. The Morgan fingerprint density at radius 2 is 0.902 bits per heavy atom. The van der Waals surface area contributed by atoms with Crippen LogP contribution in [0.2, 0.25) is 0 Å². The number of aliphatic hydroxyl groups is 4. The molecule has 0 radical (unpaired) electrons. The first-order valence-corrected chi connectivity index (χ1v) is 37.6. The van der Waals surface area contributed by atoms with Crippen LogP contribution in [0.4, 0.5) is 0 Å². The zero-order valence-corrected chi connectivity index (χ0v) is 59.5. The van der Waals surface area contributed by atoms with E-state index in [0.29, 0.717) is 61.9 Å². The minimum Gasteiger partial charge on any atom is -0.387 e. The number of aryl methyl sites for hydroxylation is 4. The first-order chi connectivity index (χ1) is 49.8. The van der Waals surface area contributed by atoms with Gasteiger partial charge >= 0.3 is 0 Å². The van der Waals surface area contributed by atoms with Crippen molar-refractivity contribution in [3.05, 3.63) is 225 Å². The summed E-state index contributed by atoms with van der Waals surface area (Å²) >= 11 is 0. The van der Waals surface area contributed by atoms with E-state index >= 15 is 0 Å². The van der Waals surface area contributed by atoms with Gasteiger partial charge in [0.15, 0.2) is 0 Å². The van der Waals surface area contributed by atoms with Crippen LogP contribution < -0.4 is 5.32 Å². The molecule has 8 unspecified atom stereocenters. The summed E-state index contributed by atoms with van der Waals surface area (Å²) in [5.41, 5.74) is 25.0. The van der Waals surface area contributed by atoms with E-state index in [9.17, 15) is 20.4 Å². The highest BCUT2D eigenvalue weighted by Crippen LogP contribution is 2.48. The van der Waals surface area contributed by atoms with Gasteiger partial charge in [0, 0.05) is 167 Å². The highest BCUT2D eigenvalue weighted by Gasteiger charge is 2.40. The summed E-state index contributed by atoms with van der Waals surface area (Å²) in [4.78, 5) is 24.9. The molecular formula is C82H98N16O4. The van der Waals surface area contributed by atoms with E-state index in [4.69, 9.17) is 0 Å². The topological polar surface area (TPSA) is 225 Å². The quantitative estimate of drug-likeness (QED) is 0.0571. The van der Waals surface area contributed by atoms with Gasteiger partial charge in [-0.3, -0.25) is 19.6 Å². The predicted octanol–water partition coefficient (Wildman–Crippen LogP) is 12.3. The fourth-order valence-corrected chi connectivity index (χ4v) is 19.4. The maximum atomic E-state index is 10.9. The predicted molar refractivity (Wildman–Crippen MR) is 400 cm³/mol. The van der Waals surface area contributed by atoms with Crippen molar-refractivity contribution in [3.8, 4) is 0 Å². The van der Waals surface area contributed by atoms with Gasteiger partial charge in [0.05, 0.1) is 56.7 Å². The van der Waals surface area contributed by atoms with Crippen molar-refractivity contribution in [2.75, 3.05) is 52.4 Å². The highest BCUT2D eigenvalue weighted by molar-refractivity contribution is 5.90. The van der Waals surface area contributed by atoms with Gasteiger partial charge < -0.3 is 54.0 Å². The lowest BCUT2D eigenvalue weighted by atomic mass is 9.95. The summed E-state index contributed by atoms with van der Waals surface area (Å²) in [6, 6.07) is 29.1. The van der Waals surface area contributed by atoms with E-state index in [1.165, 1.54) is 188 Å². The molecule has 8 N–H and O–H groups in total. The first-order valence-electron chi connectivity index (χ1n) is 37.6. The van der Waals surface area contributed by atoms with E-state index in [0.717, 1.165) is 68.8 Å². The van der Waals surface area contributed by atoms with E-state index in [1.54, 1.807) is 31.1 Å². The molecule has 16 heterocycles. The molecule has 11 aromatic rings. The van der Waals surface area contributed by atoms with E-state index in [-0.39, 0.29) is 0 Å². The molecule has 4 fully saturated rings. The second-order valence-corrected chi connectivity index (χ2v) is 30.3. The van der Waals surface area contributed by atoms with Gasteiger partial charge in [-0.05, 0) is 194 Å². The average molecular weight is 1370 g/mol. The summed E-state index contributed by atoms with van der Waals surface area (Å²) in [6.07, 6.45) is 26.2. The molecule has 8 atom stereocenters. The van der Waals surface area contributed by atoms with Gasteiger partial charge in [0.1, 0.15) is 29.8 Å². The smallest absolute Gasteiger partial charge is 0.136 e. The minimum absolute atomic E-state index is 0.522. The Kier molecular flexibility index (Phi) is 18.1. The van der Waals surface area contributed by atoms with Crippen LogP contribution in [-0.2, 0) is 51.9 Å². The summed E-state index contributed by atoms with van der Waals surface area (Å²) in [5.74, 6) is 0.640. The molecular weight excluding hydrogens is 1270 g/mol. The van der Waals surface area contributed by atoms with Crippen LogP contribution in [0, 0.1) is 27.7 Å². The van der Waals surface area contributed by atoms with Gasteiger partial charge in [-0.15, -0.1) is 0 Å². The van der Waals surface area contributed by atoms with Crippen molar-refractivity contribution in [1.82, 2.24) is 78.5 Å². The number of nitrogens with one attached hydrogen (secondary N) is 4. The SMILES string of the molecule is C=C1C=C(C(O)Cn2c3c(c4cc(C)ccc42)C2CCCN2CC3)C=CN1.Cc1ccc2c(c1)c1c(n2CC(O)c2cn[nH]n2)CCN2CCCC12.Cc1ccc2c(c1)c1c(n2CC(O)c2cnc[nH]2)CCN2CCCC12.Cc1ccc2c(c1)c1c(n2CC(O)c2ncc[nH]2)CCN2CCCC12. The molecule has 102 heavy (non-hydrogen) atoms. The Hall–Kier alpha value is -8.70. The molecule has 20 rings (SSSR count). The third-order valence-electron chi connectivity index (χ3n) is 24.0. The van der Waals surface area contributed by atoms with Crippen molar-refractivity contribution < 1.29 is 20.4 Å². The summed E-state index contributed by atoms with van der Waals surface area (Å²) < 4.78 is 9.39. The Morgan fingerprint density at radius 1 is 0.490 bits per heavy atom. The number of allylic oxidation sites excluding steroid dienone is 1. The number of hydrogen-bond acceptors (Lipinski definition) is 13. The number of benzene rings is 4. The second kappa shape index (κ2) is 27.8. The molecule has 0 spiro atoms. The maximum Gasteiger partial charge on any atom is 0.136 e. The minimum atomic E-state index is -0.652. The van der Waals surface area contributed by atoms with Gasteiger partial charge in [0.25, 0.3) is 0 Å². The number of fused-ring (bicyclic) bond motifs is 20. The Labute approximate surface area is 596 Å². The number of aromatic amines is 3. The van der Waals surface area contributed by atoms with Crippen LogP contribution in [0.3, 0.4) is 0 Å². The number of nitrogens with zero attached hydrogens (tertiary/aromatic N) is 12. The van der Waals surface area contributed by atoms with Crippen LogP contribution in [0.1, 0.15) is 178 Å². The molecule has 0 bridgehead atoms. The van der Waals surface area contributed by atoms with Gasteiger partial charge in [-0.2, -0.15) is 15.4 Å². The summed E-state index contributed by atoms with van der Waals surface area (Å²) in [7, 11) is 0. The number of hydrogen-bond donors (Lipinski definition) is 8. The number of rotatable bonds is 12. The molecule has 7 aromatic heterocycles. The molecule has 530 valence electrons. The number of dihydropyridines is 1. The van der Waals surface area contributed by atoms with E-state index < -0.39 is 24.4 Å². The first kappa shape index (κ1) is 66.5. The largest absolute Gasteiger partial charge is 0.387 e. The van der Waals surface area contributed by atoms with Crippen LogP contribution in [0.25, 0.3) is 43.6 Å². The monoisotopic (exact) mass is 1370 g/mol. The average Bonchev–Trinajstić information content (AvgIpc) is 1.61. The van der Waals surface area contributed by atoms with Crippen molar-refractivity contribution in [1.29, 1.82) is 0 Å². The lowest BCUT2D eigenvalue weighted by Gasteiger charge is -2.31. The highest BCUT2D eigenvalue weighted by atomic mass is 16.3. The second-order valence-electron chi connectivity index (χ2n) is 30.3. The van der Waals surface area contributed by atoms with Crippen molar-refractivity contribution in [2.24, 2.45) is 0 Å².